The van der Waals surface area contributed by atoms with Gasteiger partial charge in [-0.3, -0.25) is 0 Å². The second-order valence-electron chi connectivity index (χ2n) is 5.49. The molecule has 0 aliphatic heterocycles. The molecule has 0 saturated carbocycles. The molecule has 0 saturated heterocycles. The van der Waals surface area contributed by atoms with Gasteiger partial charge in [0.1, 0.15) is 5.75 Å². The first-order chi connectivity index (χ1) is 8.93. The number of rotatable bonds is 2. The molecule has 2 aromatic rings. The summed E-state index contributed by atoms with van der Waals surface area (Å²) in [6.07, 6.45) is 3.36. The molecular formula is C15H17BrN2O. The number of aromatic hydroxyl groups is 1. The van der Waals surface area contributed by atoms with Gasteiger partial charge in [0.25, 0.3) is 0 Å². The summed E-state index contributed by atoms with van der Waals surface area (Å²) in [4.78, 5) is 8.44. The summed E-state index contributed by atoms with van der Waals surface area (Å²) in [6, 6.07) is 5.76. The normalized spacial score (nSPS) is 11.6. The van der Waals surface area contributed by atoms with Crippen LogP contribution in [0.1, 0.15) is 31.9 Å². The van der Waals surface area contributed by atoms with E-state index in [1.807, 2.05) is 12.1 Å². The average molecular weight is 321 g/mol. The lowest BCUT2D eigenvalue weighted by atomic mass is 9.84. The van der Waals surface area contributed by atoms with Crippen molar-refractivity contribution < 1.29 is 5.11 Å². The maximum atomic E-state index is 10.3. The molecule has 0 fully saturated rings. The van der Waals surface area contributed by atoms with Gasteiger partial charge in [-0.1, -0.05) is 42.8 Å². The van der Waals surface area contributed by atoms with Gasteiger partial charge in [-0.2, -0.15) is 0 Å². The van der Waals surface area contributed by atoms with Crippen LogP contribution in [0.15, 0.2) is 30.6 Å². The minimum Gasteiger partial charge on any atom is -0.507 e. The van der Waals surface area contributed by atoms with E-state index in [1.54, 1.807) is 18.5 Å². The molecule has 0 bridgehead atoms. The zero-order valence-corrected chi connectivity index (χ0v) is 12.9. The van der Waals surface area contributed by atoms with Gasteiger partial charge in [0.15, 0.2) is 5.82 Å². The topological polar surface area (TPSA) is 46.0 Å². The molecular weight excluding hydrogens is 304 g/mol. The van der Waals surface area contributed by atoms with Gasteiger partial charge < -0.3 is 5.11 Å². The van der Waals surface area contributed by atoms with E-state index in [4.69, 9.17) is 0 Å². The summed E-state index contributed by atoms with van der Waals surface area (Å²) in [7, 11) is 0. The van der Waals surface area contributed by atoms with Gasteiger partial charge in [-0.25, -0.2) is 9.97 Å². The van der Waals surface area contributed by atoms with E-state index in [9.17, 15) is 5.11 Å². The molecule has 1 N–H and O–H groups in total. The number of alkyl halides is 1. The second-order valence-corrected chi connectivity index (χ2v) is 6.05. The van der Waals surface area contributed by atoms with Crippen LogP contribution in [-0.4, -0.2) is 15.1 Å². The molecule has 0 spiro atoms. The van der Waals surface area contributed by atoms with Crippen molar-refractivity contribution in [2.45, 2.75) is 31.5 Å². The molecule has 100 valence electrons. The van der Waals surface area contributed by atoms with E-state index in [0.29, 0.717) is 16.7 Å². The average Bonchev–Trinajstić information content (AvgIpc) is 2.38. The van der Waals surface area contributed by atoms with Crippen molar-refractivity contribution in [1.82, 2.24) is 9.97 Å². The maximum absolute atomic E-state index is 10.3. The molecule has 0 unspecified atom stereocenters. The molecule has 1 aromatic carbocycles. The van der Waals surface area contributed by atoms with Crippen molar-refractivity contribution in [2.24, 2.45) is 0 Å². The fourth-order valence-corrected chi connectivity index (χ4v) is 2.27. The third kappa shape index (κ3) is 2.95. The molecule has 19 heavy (non-hydrogen) atoms. The number of phenols is 1. The first-order valence-electron chi connectivity index (χ1n) is 6.13. The highest BCUT2D eigenvalue weighted by molar-refractivity contribution is 9.08. The lowest BCUT2D eigenvalue weighted by Gasteiger charge is -2.21. The molecule has 4 heteroatoms. The monoisotopic (exact) mass is 320 g/mol. The van der Waals surface area contributed by atoms with Gasteiger partial charge in [-0.15, -0.1) is 0 Å². The third-order valence-electron chi connectivity index (χ3n) is 3.01. The largest absolute Gasteiger partial charge is 0.507 e. The van der Waals surface area contributed by atoms with Gasteiger partial charge in [0, 0.05) is 23.3 Å². The fraction of sp³-hybridized carbons (Fsp3) is 0.333. The number of hydrogen-bond acceptors (Lipinski definition) is 3. The molecule has 1 aromatic heterocycles. The van der Waals surface area contributed by atoms with Gasteiger partial charge in [0.2, 0.25) is 0 Å². The Balaban J connectivity index is 2.66. The van der Waals surface area contributed by atoms with Gasteiger partial charge in [0.05, 0.1) is 5.56 Å². The summed E-state index contributed by atoms with van der Waals surface area (Å²) < 4.78 is 0. The third-order valence-corrected chi connectivity index (χ3v) is 3.61. The predicted octanol–water partition coefficient (Wildman–Crippen LogP) is 4.04. The van der Waals surface area contributed by atoms with Crippen LogP contribution in [0, 0.1) is 0 Å². The van der Waals surface area contributed by atoms with E-state index in [2.05, 4.69) is 46.7 Å². The number of phenolic OH excluding ortho intramolecular Hbond substituents is 1. The van der Waals surface area contributed by atoms with E-state index >= 15 is 0 Å². The Morgan fingerprint density at radius 3 is 2.32 bits per heavy atom. The zero-order valence-electron chi connectivity index (χ0n) is 11.3. The van der Waals surface area contributed by atoms with Crippen LogP contribution in [0.2, 0.25) is 0 Å². The summed E-state index contributed by atoms with van der Waals surface area (Å²) in [5, 5.41) is 10.9. The highest BCUT2D eigenvalue weighted by Crippen LogP contribution is 2.36. The highest BCUT2D eigenvalue weighted by atomic mass is 79.9. The van der Waals surface area contributed by atoms with Crippen molar-refractivity contribution in [3.63, 3.8) is 0 Å². The zero-order chi connectivity index (χ0) is 14.0. The van der Waals surface area contributed by atoms with Gasteiger partial charge >= 0.3 is 0 Å². The Morgan fingerprint density at radius 1 is 1.16 bits per heavy atom. The first kappa shape index (κ1) is 14.0. The summed E-state index contributed by atoms with van der Waals surface area (Å²) in [5.74, 6) is 0.796. The van der Waals surface area contributed by atoms with E-state index in [1.165, 1.54) is 0 Å². The minimum absolute atomic E-state index is 0.00809. The highest BCUT2D eigenvalue weighted by Gasteiger charge is 2.19. The Morgan fingerprint density at radius 2 is 1.79 bits per heavy atom. The lowest BCUT2D eigenvalue weighted by molar-refractivity contribution is 0.471. The van der Waals surface area contributed by atoms with Crippen LogP contribution < -0.4 is 0 Å². The van der Waals surface area contributed by atoms with Crippen LogP contribution in [0.5, 0.6) is 5.75 Å². The summed E-state index contributed by atoms with van der Waals surface area (Å²) in [5.41, 5.74) is 2.70. The van der Waals surface area contributed by atoms with Crippen molar-refractivity contribution in [1.29, 1.82) is 0 Å². The van der Waals surface area contributed by atoms with Crippen LogP contribution in [-0.2, 0) is 10.7 Å². The molecule has 1 heterocycles. The van der Waals surface area contributed by atoms with Crippen molar-refractivity contribution >= 4 is 15.9 Å². The molecule has 0 aliphatic rings. The first-order valence-corrected chi connectivity index (χ1v) is 7.25. The summed E-state index contributed by atoms with van der Waals surface area (Å²) >= 11 is 3.42. The number of halogens is 1. The minimum atomic E-state index is 0.00809. The number of aromatic nitrogens is 2. The predicted molar refractivity (Wildman–Crippen MR) is 80.5 cm³/mol. The van der Waals surface area contributed by atoms with E-state index in [-0.39, 0.29) is 11.2 Å². The van der Waals surface area contributed by atoms with Crippen LogP contribution in [0.3, 0.4) is 0 Å². The molecule has 0 aliphatic carbocycles. The molecule has 0 atom stereocenters. The quantitative estimate of drug-likeness (QED) is 0.849. The summed E-state index contributed by atoms with van der Waals surface area (Å²) in [6.45, 7) is 6.44. The number of nitrogens with zero attached hydrogens (tertiary/aromatic N) is 2. The van der Waals surface area contributed by atoms with Crippen molar-refractivity contribution in [3.05, 3.63) is 41.7 Å². The van der Waals surface area contributed by atoms with Gasteiger partial charge in [-0.05, 0) is 23.1 Å². The Labute approximate surface area is 121 Å². The Hall–Kier alpha value is -1.42. The molecule has 0 amide bonds. The van der Waals surface area contributed by atoms with Crippen LogP contribution >= 0.6 is 15.9 Å². The maximum Gasteiger partial charge on any atom is 0.162 e. The molecule has 0 radical (unpaired) electrons. The standard InChI is InChI=1S/C15H17BrN2O/c1-15(2,3)11-7-10(9-16)13(19)12(8-11)14-17-5-4-6-18-14/h4-8,19H,9H2,1-3H3. The smallest absolute Gasteiger partial charge is 0.162 e. The second kappa shape index (κ2) is 5.29. The van der Waals surface area contributed by atoms with Crippen LogP contribution in [0.25, 0.3) is 11.4 Å². The van der Waals surface area contributed by atoms with Crippen molar-refractivity contribution in [3.8, 4) is 17.1 Å². The van der Waals surface area contributed by atoms with Crippen molar-refractivity contribution in [2.75, 3.05) is 0 Å². The SMILES string of the molecule is CC(C)(C)c1cc(CBr)c(O)c(-c2ncccn2)c1. The number of benzene rings is 1. The van der Waals surface area contributed by atoms with E-state index in [0.717, 1.165) is 11.1 Å². The number of hydrogen-bond donors (Lipinski definition) is 1. The Bertz CT molecular complexity index is 577. The van der Waals surface area contributed by atoms with E-state index < -0.39 is 0 Å². The molecule has 2 rings (SSSR count). The fourth-order valence-electron chi connectivity index (χ4n) is 1.84. The lowest BCUT2D eigenvalue weighted by Crippen LogP contribution is -2.12. The van der Waals surface area contributed by atoms with Crippen LogP contribution in [0.4, 0.5) is 0 Å². The molecule has 3 nitrogen and oxygen atoms in total. The Kier molecular flexibility index (Phi) is 3.90.